The molecule has 1 aromatic rings. The van der Waals surface area contributed by atoms with Crippen LogP contribution in [-0.4, -0.2) is 50.3 Å². The van der Waals surface area contributed by atoms with Crippen molar-refractivity contribution in [3.8, 4) is 0 Å². The number of rotatable bonds is 5. The van der Waals surface area contributed by atoms with Crippen molar-refractivity contribution in [2.24, 2.45) is 5.92 Å². The predicted molar refractivity (Wildman–Crippen MR) is 92.1 cm³/mol. The Morgan fingerprint density at radius 1 is 1.19 bits per heavy atom. The van der Waals surface area contributed by atoms with Crippen LogP contribution < -0.4 is 5.32 Å². The van der Waals surface area contributed by atoms with Gasteiger partial charge < -0.3 is 10.1 Å². The molecule has 0 bridgehead atoms. The lowest BCUT2D eigenvalue weighted by Crippen LogP contribution is -2.53. The van der Waals surface area contributed by atoms with E-state index in [0.717, 1.165) is 12.1 Å². The summed E-state index contributed by atoms with van der Waals surface area (Å²) in [6, 6.07) is 4.65. The second kappa shape index (κ2) is 7.71. The van der Waals surface area contributed by atoms with Crippen molar-refractivity contribution < 1.29 is 27.1 Å². The third-order valence-corrected chi connectivity index (χ3v) is 6.32. The smallest absolute Gasteiger partial charge is 0.330 e. The molecule has 1 aromatic carbocycles. The van der Waals surface area contributed by atoms with Crippen LogP contribution in [0.5, 0.6) is 0 Å². The lowest BCUT2D eigenvalue weighted by Gasteiger charge is -2.32. The number of benzene rings is 1. The van der Waals surface area contributed by atoms with Gasteiger partial charge in [0.05, 0.1) is 12.0 Å². The van der Waals surface area contributed by atoms with Crippen molar-refractivity contribution >= 4 is 21.9 Å². The molecule has 0 atom stereocenters. The molecule has 1 aliphatic rings. The van der Waals surface area contributed by atoms with E-state index in [0.29, 0.717) is 12.8 Å². The number of carbonyl (C=O) groups excluding carboxylic acids is 2. The third-order valence-electron chi connectivity index (χ3n) is 4.41. The molecule has 2 rings (SSSR count). The van der Waals surface area contributed by atoms with Crippen molar-refractivity contribution in [1.82, 2.24) is 9.62 Å². The Bertz CT molecular complexity index is 769. The van der Waals surface area contributed by atoms with Gasteiger partial charge in [0, 0.05) is 19.0 Å². The summed E-state index contributed by atoms with van der Waals surface area (Å²) in [4.78, 5) is 24.1. The highest BCUT2D eigenvalue weighted by Gasteiger charge is 2.36. The maximum Gasteiger partial charge on any atom is 0.330 e. The van der Waals surface area contributed by atoms with E-state index in [1.165, 1.54) is 23.5 Å². The lowest BCUT2D eigenvalue weighted by molar-refractivity contribution is -0.150. The number of amides is 1. The normalized spacial score (nSPS) is 16.9. The minimum Gasteiger partial charge on any atom is -0.467 e. The Labute approximate surface area is 152 Å². The molecule has 9 heteroatoms. The predicted octanol–water partition coefficient (Wildman–Crippen LogP) is 1.29. The van der Waals surface area contributed by atoms with Gasteiger partial charge in [0.2, 0.25) is 15.9 Å². The molecular weight excluding hydrogens is 363 g/mol. The monoisotopic (exact) mass is 386 g/mol. The summed E-state index contributed by atoms with van der Waals surface area (Å²) in [6.07, 6.45) is 0.674. The largest absolute Gasteiger partial charge is 0.467 e. The van der Waals surface area contributed by atoms with Crippen LogP contribution in [0.1, 0.15) is 26.7 Å². The topological polar surface area (TPSA) is 92.8 Å². The van der Waals surface area contributed by atoms with E-state index in [4.69, 9.17) is 0 Å². The summed E-state index contributed by atoms with van der Waals surface area (Å²) in [5.41, 5.74) is -1.15. The van der Waals surface area contributed by atoms with Gasteiger partial charge in [-0.1, -0.05) is 0 Å². The average Bonchev–Trinajstić information content (AvgIpc) is 2.61. The number of nitrogens with one attached hydrogen (secondary N) is 1. The van der Waals surface area contributed by atoms with E-state index in [1.54, 1.807) is 13.8 Å². The van der Waals surface area contributed by atoms with Gasteiger partial charge >= 0.3 is 5.97 Å². The Morgan fingerprint density at radius 2 is 1.73 bits per heavy atom. The molecule has 0 aromatic heterocycles. The van der Waals surface area contributed by atoms with Gasteiger partial charge in [0.15, 0.2) is 0 Å². The molecule has 0 aliphatic carbocycles. The summed E-state index contributed by atoms with van der Waals surface area (Å²) < 4.78 is 44.1. The molecule has 1 heterocycles. The summed E-state index contributed by atoms with van der Waals surface area (Å²) in [7, 11) is -2.47. The number of carbonyl (C=O) groups is 2. The molecule has 144 valence electrons. The molecular formula is C17H23FN2O5S. The number of piperidine rings is 1. The number of hydrogen-bond acceptors (Lipinski definition) is 5. The fourth-order valence-electron chi connectivity index (χ4n) is 2.83. The van der Waals surface area contributed by atoms with E-state index in [2.05, 4.69) is 10.1 Å². The number of sulfonamides is 1. The van der Waals surface area contributed by atoms with Crippen LogP contribution in [-0.2, 0) is 24.3 Å². The maximum absolute atomic E-state index is 13.0. The summed E-state index contributed by atoms with van der Waals surface area (Å²) in [6.45, 7) is 3.45. The second-order valence-corrected chi connectivity index (χ2v) is 8.68. The highest BCUT2D eigenvalue weighted by atomic mass is 32.2. The van der Waals surface area contributed by atoms with Crippen LogP contribution in [0.15, 0.2) is 29.2 Å². The van der Waals surface area contributed by atoms with E-state index in [-0.39, 0.29) is 23.9 Å². The average molecular weight is 386 g/mol. The van der Waals surface area contributed by atoms with Crippen LogP contribution in [0.25, 0.3) is 0 Å². The van der Waals surface area contributed by atoms with Gasteiger partial charge in [-0.05, 0) is 51.0 Å². The first-order valence-electron chi connectivity index (χ1n) is 8.24. The third kappa shape index (κ3) is 4.39. The Kier molecular flexibility index (Phi) is 6.02. The highest BCUT2D eigenvalue weighted by molar-refractivity contribution is 7.89. The molecule has 0 unspecified atom stereocenters. The first-order chi connectivity index (χ1) is 12.1. The van der Waals surface area contributed by atoms with E-state index < -0.39 is 33.3 Å². The molecule has 26 heavy (non-hydrogen) atoms. The Morgan fingerprint density at radius 3 is 2.23 bits per heavy atom. The quantitative estimate of drug-likeness (QED) is 0.770. The zero-order chi connectivity index (χ0) is 19.5. The van der Waals surface area contributed by atoms with Gasteiger partial charge in [-0.3, -0.25) is 4.79 Å². The van der Waals surface area contributed by atoms with E-state index in [1.807, 2.05) is 0 Å². The maximum atomic E-state index is 13.0. The lowest BCUT2D eigenvalue weighted by atomic mass is 9.95. The minimum atomic E-state index is -3.72. The van der Waals surface area contributed by atoms with E-state index >= 15 is 0 Å². The van der Waals surface area contributed by atoms with Crippen LogP contribution in [0.4, 0.5) is 4.39 Å². The molecule has 1 saturated heterocycles. The van der Waals surface area contributed by atoms with Crippen molar-refractivity contribution in [3.63, 3.8) is 0 Å². The van der Waals surface area contributed by atoms with Gasteiger partial charge in [0.25, 0.3) is 0 Å². The molecule has 0 saturated carbocycles. The van der Waals surface area contributed by atoms with Crippen LogP contribution in [0.2, 0.25) is 0 Å². The molecule has 0 radical (unpaired) electrons. The van der Waals surface area contributed by atoms with Crippen LogP contribution in [0.3, 0.4) is 0 Å². The molecule has 7 nitrogen and oxygen atoms in total. The fourth-order valence-corrected chi connectivity index (χ4v) is 4.30. The summed E-state index contributed by atoms with van der Waals surface area (Å²) in [5.74, 6) is -1.76. The van der Waals surface area contributed by atoms with Gasteiger partial charge in [-0.2, -0.15) is 4.31 Å². The van der Waals surface area contributed by atoms with Gasteiger partial charge in [0.1, 0.15) is 11.4 Å². The van der Waals surface area contributed by atoms with Crippen molar-refractivity contribution in [3.05, 3.63) is 30.1 Å². The highest BCUT2D eigenvalue weighted by Crippen LogP contribution is 2.24. The van der Waals surface area contributed by atoms with Crippen molar-refractivity contribution in [2.45, 2.75) is 37.1 Å². The summed E-state index contributed by atoms with van der Waals surface area (Å²) >= 11 is 0. The first-order valence-corrected chi connectivity index (χ1v) is 9.68. The minimum absolute atomic E-state index is 0.0219. The van der Waals surface area contributed by atoms with Crippen molar-refractivity contribution in [2.75, 3.05) is 20.2 Å². The van der Waals surface area contributed by atoms with E-state index in [9.17, 15) is 22.4 Å². The SMILES string of the molecule is COC(=O)C(C)(C)NC(=O)C1CCN(S(=O)(=O)c2ccc(F)cc2)CC1. The van der Waals surface area contributed by atoms with Gasteiger partial charge in [-0.15, -0.1) is 0 Å². The first kappa shape index (κ1) is 20.3. The molecule has 0 spiro atoms. The zero-order valence-electron chi connectivity index (χ0n) is 15.0. The number of nitrogens with zero attached hydrogens (tertiary/aromatic N) is 1. The zero-order valence-corrected chi connectivity index (χ0v) is 15.8. The van der Waals surface area contributed by atoms with Gasteiger partial charge in [-0.25, -0.2) is 17.6 Å². The molecule has 1 fully saturated rings. The number of methoxy groups -OCH3 is 1. The number of hydrogen-bond donors (Lipinski definition) is 1. The number of halogens is 1. The molecule has 1 amide bonds. The Hall–Kier alpha value is -2.00. The van der Waals surface area contributed by atoms with Crippen LogP contribution >= 0.6 is 0 Å². The standard InChI is InChI=1S/C17H23FN2O5S/c1-17(2,16(22)25-3)19-15(21)12-8-10-20(11-9-12)26(23,24)14-6-4-13(18)5-7-14/h4-7,12H,8-11H2,1-3H3,(H,19,21). The number of esters is 1. The second-order valence-electron chi connectivity index (χ2n) is 6.74. The Balaban J connectivity index is 1.99. The number of ether oxygens (including phenoxy) is 1. The molecule has 1 N–H and O–H groups in total. The molecule has 1 aliphatic heterocycles. The fraction of sp³-hybridized carbons (Fsp3) is 0.529. The van der Waals surface area contributed by atoms with Crippen LogP contribution in [0, 0.1) is 11.7 Å². The van der Waals surface area contributed by atoms with Crippen molar-refractivity contribution in [1.29, 1.82) is 0 Å². The summed E-state index contributed by atoms with van der Waals surface area (Å²) in [5, 5.41) is 2.65.